The minimum atomic E-state index is -1.02. The van der Waals surface area contributed by atoms with Crippen LogP contribution in [0.5, 0.6) is 0 Å². The molecule has 25 heavy (non-hydrogen) atoms. The van der Waals surface area contributed by atoms with Crippen molar-refractivity contribution >= 4 is 46.0 Å². The number of alkyl halides is 1. The summed E-state index contributed by atoms with van der Waals surface area (Å²) in [4.78, 5) is 21.0. The number of aliphatic hydroxyl groups excluding tert-OH is 2. The van der Waals surface area contributed by atoms with Gasteiger partial charge in [0.2, 0.25) is 0 Å². The standard InChI is InChI=1S/C12H17IN6O3.CH2O2/c13-3-6-8(20)9(21)12(22-6)19-5-18-7-10(15-2-1-14)16-4-17-11(7)19;2-1-3/h4-6,8-9,12,20-21H,1-3,14H2,(H,15,16,17);1H,(H,2,3)/t6-,8-,9-,12-;/m1./s1. The van der Waals surface area contributed by atoms with Crippen molar-refractivity contribution in [3.63, 3.8) is 0 Å². The zero-order valence-electron chi connectivity index (χ0n) is 13.2. The van der Waals surface area contributed by atoms with E-state index in [1.807, 2.05) is 0 Å². The largest absolute Gasteiger partial charge is 0.554 e. The lowest BCUT2D eigenvalue weighted by Crippen LogP contribution is -2.53. The van der Waals surface area contributed by atoms with Gasteiger partial charge in [0, 0.05) is 10.9 Å². The van der Waals surface area contributed by atoms with Crippen LogP contribution in [0.15, 0.2) is 12.7 Å². The Morgan fingerprint density at radius 1 is 1.40 bits per heavy atom. The second kappa shape index (κ2) is 9.19. The van der Waals surface area contributed by atoms with Crippen molar-refractivity contribution in [1.82, 2.24) is 19.5 Å². The maximum Gasteiger partial charge on any atom is 0.167 e. The first-order valence-corrected chi connectivity index (χ1v) is 8.95. The van der Waals surface area contributed by atoms with Gasteiger partial charge in [-0.1, -0.05) is 22.6 Å². The molecule has 0 aromatic carbocycles. The summed E-state index contributed by atoms with van der Waals surface area (Å²) in [5.74, 6) is 0.617. The normalized spacial score (nSPS) is 25.4. The number of carboxylic acid groups (broad SMARTS) is 1. The number of halogens is 1. The van der Waals surface area contributed by atoms with Crippen LogP contribution >= 0.6 is 22.6 Å². The van der Waals surface area contributed by atoms with Crippen molar-refractivity contribution in [1.29, 1.82) is 0 Å². The van der Waals surface area contributed by atoms with Crippen LogP contribution in [0.2, 0.25) is 0 Å². The molecule has 3 rings (SSSR count). The van der Waals surface area contributed by atoms with Crippen LogP contribution in [0.3, 0.4) is 0 Å². The van der Waals surface area contributed by atoms with Gasteiger partial charge in [0.15, 0.2) is 23.2 Å². The molecule has 138 valence electrons. The van der Waals surface area contributed by atoms with Crippen molar-refractivity contribution in [2.24, 2.45) is 0 Å². The predicted molar refractivity (Wildman–Crippen MR) is 92.4 cm³/mol. The third kappa shape index (κ3) is 4.14. The molecule has 0 amide bonds. The summed E-state index contributed by atoms with van der Waals surface area (Å²) in [6.07, 6.45) is -0.0999. The van der Waals surface area contributed by atoms with Gasteiger partial charge in [-0.25, -0.2) is 15.0 Å². The number of imidazole rings is 1. The Morgan fingerprint density at radius 3 is 2.72 bits per heavy atom. The zero-order valence-corrected chi connectivity index (χ0v) is 15.3. The predicted octanol–water partition coefficient (Wildman–Crippen LogP) is -3.10. The first kappa shape index (κ1) is 19.7. The maximum absolute atomic E-state index is 10.2. The van der Waals surface area contributed by atoms with Crippen molar-refractivity contribution in [2.45, 2.75) is 24.5 Å². The number of fused-ring (bicyclic) bond motifs is 1. The first-order valence-electron chi connectivity index (χ1n) is 7.42. The Morgan fingerprint density at radius 2 is 2.12 bits per heavy atom. The zero-order chi connectivity index (χ0) is 18.4. The molecule has 0 unspecified atom stereocenters. The number of carbonyl (C=O) groups is 1. The van der Waals surface area contributed by atoms with E-state index in [4.69, 9.17) is 14.6 Å². The van der Waals surface area contributed by atoms with Gasteiger partial charge in [-0.15, -0.1) is 0 Å². The van der Waals surface area contributed by atoms with Gasteiger partial charge in [0.05, 0.1) is 25.5 Å². The number of rotatable bonds is 5. The van der Waals surface area contributed by atoms with Crippen LogP contribution in [0.1, 0.15) is 6.23 Å². The summed E-state index contributed by atoms with van der Waals surface area (Å²) in [7, 11) is 0. The van der Waals surface area contributed by atoms with Gasteiger partial charge in [-0.3, -0.25) is 4.57 Å². The van der Waals surface area contributed by atoms with E-state index in [1.54, 1.807) is 10.9 Å². The summed E-state index contributed by atoms with van der Waals surface area (Å²) < 4.78 is 7.95. The van der Waals surface area contributed by atoms with Gasteiger partial charge in [-0.2, -0.15) is 0 Å². The Bertz CT molecular complexity index is 701. The van der Waals surface area contributed by atoms with E-state index < -0.39 is 31.0 Å². The lowest BCUT2D eigenvalue weighted by Gasteiger charge is -2.16. The van der Waals surface area contributed by atoms with Crippen molar-refractivity contribution < 1.29 is 30.6 Å². The maximum atomic E-state index is 10.2. The Kier molecular flexibility index (Phi) is 7.24. The molecule has 0 radical (unpaired) electrons. The second-order valence-corrected chi connectivity index (χ2v) is 6.00. The highest BCUT2D eigenvalue weighted by Gasteiger charge is 2.43. The third-order valence-electron chi connectivity index (χ3n) is 3.59. The Balaban J connectivity index is 0.000000701. The molecule has 0 saturated carbocycles. The SMILES string of the molecule is O=C[O-].[NH3+]CCNc1ncnc2c1ncn2[C@@H]1O[C@H](CI)[C@@H](O)[C@H]1O. The monoisotopic (exact) mass is 466 g/mol. The number of nitrogens with zero attached hydrogens (tertiary/aromatic N) is 4. The molecule has 4 atom stereocenters. The average molecular weight is 466 g/mol. The fourth-order valence-corrected chi connectivity index (χ4v) is 3.19. The fraction of sp³-hybridized carbons (Fsp3) is 0.538. The minimum absolute atomic E-state index is 0.413. The number of quaternary nitrogens is 1. The summed E-state index contributed by atoms with van der Waals surface area (Å²) in [5, 5.41) is 31.6. The number of hydrogen-bond donors (Lipinski definition) is 4. The number of hydrogen-bond acceptors (Lipinski definition) is 9. The van der Waals surface area contributed by atoms with Crippen LogP contribution in [-0.4, -0.2) is 72.0 Å². The molecular formula is C13H19IN6O5. The van der Waals surface area contributed by atoms with E-state index in [0.29, 0.717) is 28.0 Å². The van der Waals surface area contributed by atoms with E-state index in [9.17, 15) is 10.2 Å². The summed E-state index contributed by atoms with van der Waals surface area (Å²) in [5.41, 5.74) is 4.92. The van der Waals surface area contributed by atoms with Crippen LogP contribution in [0, 0.1) is 0 Å². The van der Waals surface area contributed by atoms with E-state index >= 15 is 0 Å². The Hall–Kier alpha value is -1.61. The number of carbonyl (C=O) groups excluding carboxylic acids is 1. The quantitative estimate of drug-likeness (QED) is 0.202. The van der Waals surface area contributed by atoms with Crippen LogP contribution in [0.4, 0.5) is 5.82 Å². The lowest BCUT2D eigenvalue weighted by atomic mass is 10.1. The molecule has 1 aliphatic rings. The minimum Gasteiger partial charge on any atom is -0.554 e. The highest BCUT2D eigenvalue weighted by molar-refractivity contribution is 14.1. The molecule has 3 heterocycles. The second-order valence-electron chi connectivity index (χ2n) is 5.12. The number of nitrogens with one attached hydrogen (secondary N) is 1. The summed E-state index contributed by atoms with van der Waals surface area (Å²) in [6.45, 7) is 0.900. The van der Waals surface area contributed by atoms with Crippen molar-refractivity contribution in [3.05, 3.63) is 12.7 Å². The van der Waals surface area contributed by atoms with Crippen LogP contribution in [0.25, 0.3) is 11.2 Å². The van der Waals surface area contributed by atoms with Gasteiger partial charge >= 0.3 is 0 Å². The molecule has 6 N–H and O–H groups in total. The molecule has 2 aromatic rings. The topological polar surface area (TPSA) is 173 Å². The first-order chi connectivity index (χ1) is 12.1. The molecule has 1 fully saturated rings. The number of aromatic nitrogens is 4. The molecule has 0 bridgehead atoms. The highest BCUT2D eigenvalue weighted by atomic mass is 127. The fourth-order valence-electron chi connectivity index (χ4n) is 2.46. The van der Waals surface area contributed by atoms with E-state index in [0.717, 1.165) is 6.54 Å². The molecule has 11 nitrogen and oxygen atoms in total. The van der Waals surface area contributed by atoms with Gasteiger partial charge in [0.25, 0.3) is 0 Å². The summed E-state index contributed by atoms with van der Waals surface area (Å²) >= 11 is 2.12. The molecule has 1 aliphatic heterocycles. The van der Waals surface area contributed by atoms with Gasteiger partial charge in [0.1, 0.15) is 18.5 Å². The number of aliphatic hydroxyl groups is 2. The van der Waals surface area contributed by atoms with E-state index in [1.165, 1.54) is 6.33 Å². The molecular weight excluding hydrogens is 447 g/mol. The number of anilines is 1. The van der Waals surface area contributed by atoms with Crippen LogP contribution in [-0.2, 0) is 9.53 Å². The number of ether oxygens (including phenoxy) is 1. The highest BCUT2D eigenvalue weighted by Crippen LogP contribution is 2.32. The van der Waals surface area contributed by atoms with E-state index in [2.05, 4.69) is 48.6 Å². The third-order valence-corrected chi connectivity index (χ3v) is 4.46. The Labute approximate surface area is 156 Å². The van der Waals surface area contributed by atoms with Crippen molar-refractivity contribution in [2.75, 3.05) is 22.8 Å². The van der Waals surface area contributed by atoms with Crippen LogP contribution < -0.4 is 16.2 Å². The average Bonchev–Trinajstić information content (AvgIpc) is 3.16. The molecule has 0 aliphatic carbocycles. The van der Waals surface area contributed by atoms with Gasteiger partial charge in [-0.05, 0) is 0 Å². The lowest BCUT2D eigenvalue weighted by molar-refractivity contribution is -0.362. The van der Waals surface area contributed by atoms with E-state index in [-0.39, 0.29) is 0 Å². The smallest absolute Gasteiger partial charge is 0.167 e. The molecule has 12 heteroatoms. The van der Waals surface area contributed by atoms with Gasteiger partial charge < -0.3 is 35.9 Å². The van der Waals surface area contributed by atoms with Crippen molar-refractivity contribution in [3.8, 4) is 0 Å². The molecule has 0 spiro atoms. The summed E-state index contributed by atoms with van der Waals surface area (Å²) in [6, 6.07) is 0. The molecule has 1 saturated heterocycles. The molecule has 2 aromatic heterocycles.